The zero-order valence-electron chi connectivity index (χ0n) is 80.5. The van der Waals surface area contributed by atoms with Crippen molar-refractivity contribution in [1.29, 1.82) is 0 Å². The van der Waals surface area contributed by atoms with Gasteiger partial charge in [-0.1, -0.05) is 352 Å². The molecular weight excluding hydrogens is 1420 g/mol. The molecule has 4 heterocycles. The van der Waals surface area contributed by atoms with Crippen molar-refractivity contribution in [3.63, 3.8) is 0 Å². The second-order valence-corrected chi connectivity index (χ2v) is 40.9. The summed E-state index contributed by atoms with van der Waals surface area (Å²) in [5.74, 6) is 0. The van der Waals surface area contributed by atoms with Crippen LogP contribution < -0.4 is 26.2 Å². The minimum absolute atomic E-state index is 0.0204. The van der Waals surface area contributed by atoms with Crippen molar-refractivity contribution >= 4 is 101 Å². The molecule has 0 saturated carbocycles. The average Bonchev–Trinajstić information content (AvgIpc) is 1.45. The number of nitrogens with zero attached hydrogens (tertiary/aromatic N) is 4. The van der Waals surface area contributed by atoms with Crippen LogP contribution in [-0.2, 0) is 43.3 Å². The number of benzene rings is 14. The lowest BCUT2D eigenvalue weighted by molar-refractivity contribution is 0.568. The number of para-hydroxylation sites is 3. The van der Waals surface area contributed by atoms with Crippen LogP contribution in [0.2, 0.25) is 0 Å². The van der Waals surface area contributed by atoms with Gasteiger partial charge in [0, 0.05) is 66.8 Å². The summed E-state index contributed by atoms with van der Waals surface area (Å²) in [4.78, 5) is 5.11. The Morgan fingerprint density at radius 3 is 1.13 bits per heavy atom. The second kappa shape index (κ2) is 26.7. The second-order valence-electron chi connectivity index (χ2n) is 40.9. The van der Waals surface area contributed by atoms with Gasteiger partial charge in [-0.2, -0.15) is 0 Å². The Labute approximate surface area is 712 Å². The molecule has 5 heteroatoms. The maximum Gasteiger partial charge on any atom is 0.252 e. The molecule has 19 rings (SSSR count). The van der Waals surface area contributed by atoms with E-state index in [-0.39, 0.29) is 78.5 Å². The molecule has 0 spiro atoms. The molecule has 3 aliphatic rings. The molecule has 0 amide bonds. The molecule has 2 aromatic heterocycles. The van der Waals surface area contributed by atoms with Crippen LogP contribution >= 0.6 is 0 Å². The Kier molecular flexibility index (Phi) is 15.2. The first-order chi connectivity index (χ1) is 59.3. The molecule has 4 nitrogen and oxygen atoms in total. The summed E-state index contributed by atoms with van der Waals surface area (Å²) in [5.41, 5.74) is 29.7. The van der Waals surface area contributed by atoms with Crippen LogP contribution in [0.3, 0.4) is 0 Å². The molecule has 0 bridgehead atoms. The highest BCUT2D eigenvalue weighted by Crippen LogP contribution is 2.61. The molecule has 0 atom stereocenters. The molecule has 14 aromatic carbocycles. The van der Waals surface area contributed by atoms with E-state index in [1.807, 2.05) is 6.07 Å². The summed E-state index contributed by atoms with van der Waals surface area (Å²) in [5, 5.41) is 2.36. The lowest BCUT2D eigenvalue weighted by Gasteiger charge is -2.46. The third kappa shape index (κ3) is 12.1. The van der Waals surface area contributed by atoms with Crippen LogP contribution in [0.4, 0.5) is 34.1 Å². The fourth-order valence-corrected chi connectivity index (χ4v) is 19.3. The number of hydrogen-bond acceptors (Lipinski definition) is 2. The Balaban J connectivity index is 0.990. The van der Waals surface area contributed by atoms with Gasteiger partial charge in [-0.05, 0) is 223 Å². The van der Waals surface area contributed by atoms with Gasteiger partial charge in [0.25, 0.3) is 6.71 Å². The largest absolute Gasteiger partial charge is 0.311 e. The van der Waals surface area contributed by atoms with Crippen molar-refractivity contribution in [3.05, 3.63) is 352 Å². The van der Waals surface area contributed by atoms with Gasteiger partial charge in [-0.15, -0.1) is 0 Å². The number of anilines is 6. The average molecular weight is 1540 g/mol. The molecule has 0 fully saturated rings. The maximum atomic E-state index is 9.97. The van der Waals surface area contributed by atoms with Gasteiger partial charge in [0.1, 0.15) is 0 Å². The predicted octanol–water partition coefficient (Wildman–Crippen LogP) is 28.7. The van der Waals surface area contributed by atoms with Crippen LogP contribution in [0.25, 0.3) is 88.4 Å². The minimum Gasteiger partial charge on any atom is -0.311 e. The van der Waals surface area contributed by atoms with Gasteiger partial charge < -0.3 is 18.9 Å². The van der Waals surface area contributed by atoms with E-state index >= 15 is 0 Å². The Hall–Kier alpha value is -11.7. The zero-order chi connectivity index (χ0) is 89.6. The van der Waals surface area contributed by atoms with Crippen molar-refractivity contribution in [1.82, 2.24) is 9.13 Å². The van der Waals surface area contributed by atoms with E-state index in [1.165, 1.54) is 66.6 Å². The highest BCUT2D eigenvalue weighted by molar-refractivity contribution is 7.00. The van der Waals surface area contributed by atoms with Crippen molar-refractivity contribution < 1.29 is 11.0 Å². The highest BCUT2D eigenvalue weighted by Gasteiger charge is 2.50. The first-order valence-electron chi connectivity index (χ1n) is 46.3. The quantitative estimate of drug-likeness (QED) is 0.141. The lowest BCUT2D eigenvalue weighted by atomic mass is 9.33. The summed E-state index contributed by atoms with van der Waals surface area (Å²) < 4.78 is 80.7. The SMILES string of the molecule is [2H]c1c([2H])c([2H])c2c(c1[2H])c1c([2H])c([2H])c([2H])c([2H])c1n2-c1ccc2c(c1)N(c1ccc(C(C)(C)C)cc1-c1cc(C(C)(C)C)cc(C(C)(C)C)c1)c1cc(C(C)(C)C)cc3c1B2c1ccc(-n2c4ccccc4c4c5c(ccc42)-c2ccccc2C5(c2ccccc2)c2ccccc2)cc1N3c1ccc(C(C)(C)C)cc1-c1cc(C(C)(C)C)cc(C(C)(C)C)c1. The van der Waals surface area contributed by atoms with E-state index in [2.05, 4.69) is 396 Å². The first-order valence-corrected chi connectivity index (χ1v) is 42.3. The summed E-state index contributed by atoms with van der Waals surface area (Å²) in [7, 11) is 0. The van der Waals surface area contributed by atoms with Crippen molar-refractivity contribution in [2.24, 2.45) is 0 Å². The molecule has 0 radical (unpaired) electrons. The summed E-state index contributed by atoms with van der Waals surface area (Å²) in [6.07, 6.45) is 0. The molecule has 2 aliphatic heterocycles. The van der Waals surface area contributed by atoms with E-state index in [0.29, 0.717) is 5.69 Å². The third-order valence-corrected chi connectivity index (χ3v) is 25.9. The van der Waals surface area contributed by atoms with Crippen LogP contribution in [0.1, 0.15) is 218 Å². The number of rotatable bonds is 8. The minimum atomic E-state index is -0.715. The Morgan fingerprint density at radius 1 is 0.280 bits per heavy atom. The summed E-state index contributed by atoms with van der Waals surface area (Å²) in [6.45, 7) is 48.0. The Morgan fingerprint density at radius 2 is 0.678 bits per heavy atom. The van der Waals surface area contributed by atoms with Crippen LogP contribution in [0.15, 0.2) is 291 Å². The van der Waals surface area contributed by atoms with Gasteiger partial charge in [-0.25, -0.2) is 0 Å². The van der Waals surface area contributed by atoms with Gasteiger partial charge in [0.2, 0.25) is 0 Å². The van der Waals surface area contributed by atoms with Crippen molar-refractivity contribution in [2.45, 2.75) is 189 Å². The molecule has 0 N–H and O–H groups in total. The Bertz CT molecular complexity index is 7120. The fraction of sp³-hybridized carbons (Fsp3) is 0.257. The van der Waals surface area contributed by atoms with E-state index in [9.17, 15) is 11.0 Å². The van der Waals surface area contributed by atoms with E-state index in [1.54, 1.807) is 4.57 Å². The van der Waals surface area contributed by atoms with E-state index in [0.717, 1.165) is 106 Å². The van der Waals surface area contributed by atoms with Gasteiger partial charge in [0.05, 0.1) is 49.8 Å². The standard InChI is InChI=1S/C113H111BN4/c1-106(2,3)74-48-55-96(88(64-74)70-58-76(108(7,8)9)62-77(59-70)109(10,11)12)117-99-68-81(115-93-45-33-29-41-84(93)85-42-30-34-46-94(85)115)50-53-91(99)114-92-54-51-82(116-95-47-35-31-43-87(95)103-98(116)57-52-86-83-40-28-32-44-90(83)113(104(86)103,72-36-24-22-25-37-72)73-38-26-23-27-39-73)69-100(92)118(102-67-80(112(19,20)21)66-101(117)105(102)114)97-56-49-75(107(4,5)6)65-89(97)71-60-78(110(13,14)15)63-79(61-71)111(16,17)18/h22-69H,1-21H3/i29D,30D,33D,34D,41D,42D,45D,46D. The summed E-state index contributed by atoms with van der Waals surface area (Å²) >= 11 is 0. The summed E-state index contributed by atoms with van der Waals surface area (Å²) in [6, 6.07) is 88.9. The molecule has 0 saturated heterocycles. The molecular formula is C113H111BN4. The molecule has 16 aromatic rings. The smallest absolute Gasteiger partial charge is 0.252 e. The fourth-order valence-electron chi connectivity index (χ4n) is 19.3. The van der Waals surface area contributed by atoms with Crippen LogP contribution in [0.5, 0.6) is 0 Å². The van der Waals surface area contributed by atoms with Gasteiger partial charge in [-0.3, -0.25) is 0 Å². The molecule has 0 unspecified atom stereocenters. The highest BCUT2D eigenvalue weighted by atomic mass is 15.2. The molecule has 586 valence electrons. The van der Waals surface area contributed by atoms with Crippen LogP contribution in [-0.4, -0.2) is 15.8 Å². The molecule has 118 heavy (non-hydrogen) atoms. The van der Waals surface area contributed by atoms with Crippen molar-refractivity contribution in [2.75, 3.05) is 9.80 Å². The lowest BCUT2D eigenvalue weighted by Crippen LogP contribution is -2.61. The maximum absolute atomic E-state index is 9.97. The van der Waals surface area contributed by atoms with Gasteiger partial charge in [0.15, 0.2) is 0 Å². The first kappa shape index (κ1) is 67.4. The topological polar surface area (TPSA) is 16.3 Å². The van der Waals surface area contributed by atoms with E-state index < -0.39 is 41.7 Å². The normalized spacial score (nSPS) is 15.1. The van der Waals surface area contributed by atoms with Crippen LogP contribution in [0, 0.1) is 0 Å². The number of fused-ring (bicyclic) bond motifs is 14. The monoisotopic (exact) mass is 1540 g/mol. The van der Waals surface area contributed by atoms with Gasteiger partial charge >= 0.3 is 0 Å². The third-order valence-electron chi connectivity index (χ3n) is 25.9. The van der Waals surface area contributed by atoms with E-state index in [4.69, 9.17) is 0 Å². The number of hydrogen-bond donors (Lipinski definition) is 0. The molecule has 1 aliphatic carbocycles. The predicted molar refractivity (Wildman–Crippen MR) is 508 cm³/mol. The number of aromatic nitrogens is 2. The van der Waals surface area contributed by atoms with Crippen molar-refractivity contribution in [3.8, 4) is 44.8 Å². The zero-order valence-corrected chi connectivity index (χ0v) is 72.5.